The van der Waals surface area contributed by atoms with Crippen LogP contribution in [0.2, 0.25) is 0 Å². The van der Waals surface area contributed by atoms with E-state index in [2.05, 4.69) is 6.92 Å². The number of carbonyl (C=O) groups excluding carboxylic acids is 1. The monoisotopic (exact) mass is 285 g/mol. The number of hydrogen-bond acceptors (Lipinski definition) is 4. The van der Waals surface area contributed by atoms with E-state index in [1.54, 1.807) is 13.1 Å². The van der Waals surface area contributed by atoms with Crippen molar-refractivity contribution in [2.75, 3.05) is 14.2 Å². The van der Waals surface area contributed by atoms with Crippen molar-refractivity contribution in [2.45, 2.75) is 64.4 Å². The average Bonchev–Trinajstić information content (AvgIpc) is 2.70. The Morgan fingerprint density at radius 1 is 1.35 bits per heavy atom. The highest BCUT2D eigenvalue weighted by Gasteiger charge is 2.39. The maximum Gasteiger partial charge on any atom is 0.269 e. The standard InChI is InChI=1S/C15H27NO4/c1-6-7-8-9-12-13(20-15(2,3)19-12)10-11-14(17)16(4)18-5/h10-13H,6-9H2,1-5H3/b11-10+/t12-,13-/m1/s1. The normalized spacial score (nSPS) is 25.2. The molecule has 20 heavy (non-hydrogen) atoms. The molecule has 1 aliphatic rings. The molecule has 1 fully saturated rings. The molecule has 0 unspecified atom stereocenters. The summed E-state index contributed by atoms with van der Waals surface area (Å²) < 4.78 is 11.7. The largest absolute Gasteiger partial charge is 0.344 e. The van der Waals surface area contributed by atoms with Gasteiger partial charge in [-0.3, -0.25) is 9.63 Å². The van der Waals surface area contributed by atoms with Crippen LogP contribution in [0.25, 0.3) is 0 Å². The molecular weight excluding hydrogens is 258 g/mol. The van der Waals surface area contributed by atoms with Gasteiger partial charge in [0, 0.05) is 13.1 Å². The summed E-state index contributed by atoms with van der Waals surface area (Å²) in [6.07, 6.45) is 7.48. The van der Waals surface area contributed by atoms with Gasteiger partial charge >= 0.3 is 0 Å². The van der Waals surface area contributed by atoms with Crippen LogP contribution in [0.1, 0.15) is 46.5 Å². The Hall–Kier alpha value is -0.910. The first kappa shape index (κ1) is 17.1. The van der Waals surface area contributed by atoms with E-state index in [-0.39, 0.29) is 18.1 Å². The molecule has 0 N–H and O–H groups in total. The van der Waals surface area contributed by atoms with Gasteiger partial charge in [-0.1, -0.05) is 26.2 Å². The van der Waals surface area contributed by atoms with Crippen molar-refractivity contribution in [3.63, 3.8) is 0 Å². The van der Waals surface area contributed by atoms with Crippen LogP contribution in [0.4, 0.5) is 0 Å². The number of carbonyl (C=O) groups is 1. The van der Waals surface area contributed by atoms with Crippen LogP contribution >= 0.6 is 0 Å². The van der Waals surface area contributed by atoms with Crippen LogP contribution in [-0.4, -0.2) is 43.1 Å². The average molecular weight is 285 g/mol. The van der Waals surface area contributed by atoms with Crippen LogP contribution < -0.4 is 0 Å². The number of unbranched alkanes of at least 4 members (excludes halogenated alkanes) is 2. The van der Waals surface area contributed by atoms with Gasteiger partial charge in [-0.2, -0.15) is 0 Å². The highest BCUT2D eigenvalue weighted by molar-refractivity contribution is 5.86. The second-order valence-electron chi connectivity index (χ2n) is 5.51. The van der Waals surface area contributed by atoms with Crippen molar-refractivity contribution in [3.05, 3.63) is 12.2 Å². The zero-order chi connectivity index (χ0) is 15.2. The van der Waals surface area contributed by atoms with Crippen LogP contribution in [-0.2, 0) is 19.1 Å². The Labute approximate surface area is 121 Å². The summed E-state index contributed by atoms with van der Waals surface area (Å²) in [6.45, 7) is 5.97. The lowest BCUT2D eigenvalue weighted by molar-refractivity contribution is -0.162. The summed E-state index contributed by atoms with van der Waals surface area (Å²) in [5.74, 6) is -0.810. The van der Waals surface area contributed by atoms with Crippen molar-refractivity contribution in [2.24, 2.45) is 0 Å². The minimum Gasteiger partial charge on any atom is -0.344 e. The van der Waals surface area contributed by atoms with E-state index in [1.165, 1.54) is 31.1 Å². The fourth-order valence-corrected chi connectivity index (χ4v) is 2.22. The second kappa shape index (κ2) is 7.76. The lowest BCUT2D eigenvalue weighted by Gasteiger charge is -2.16. The topological polar surface area (TPSA) is 48.0 Å². The van der Waals surface area contributed by atoms with Gasteiger partial charge < -0.3 is 9.47 Å². The molecule has 0 saturated carbocycles. The summed E-state index contributed by atoms with van der Waals surface area (Å²) in [6, 6.07) is 0. The maximum atomic E-state index is 11.7. The number of nitrogens with zero attached hydrogens (tertiary/aromatic N) is 1. The molecule has 0 spiro atoms. The summed E-state index contributed by atoms with van der Waals surface area (Å²) in [4.78, 5) is 16.5. The minimum absolute atomic E-state index is 0.00783. The Balaban J connectivity index is 2.59. The molecule has 116 valence electrons. The van der Waals surface area contributed by atoms with Gasteiger partial charge in [-0.25, -0.2) is 5.06 Å². The molecule has 0 aromatic carbocycles. The first-order chi connectivity index (χ1) is 9.39. The third kappa shape index (κ3) is 5.23. The third-order valence-corrected chi connectivity index (χ3v) is 3.33. The first-order valence-electron chi connectivity index (χ1n) is 7.25. The van der Waals surface area contributed by atoms with E-state index in [1.807, 2.05) is 13.8 Å². The Morgan fingerprint density at radius 3 is 2.65 bits per heavy atom. The van der Waals surface area contributed by atoms with Gasteiger partial charge in [-0.05, 0) is 26.3 Å². The Morgan fingerprint density at radius 2 is 2.05 bits per heavy atom. The predicted molar refractivity (Wildman–Crippen MR) is 76.9 cm³/mol. The van der Waals surface area contributed by atoms with Crippen LogP contribution in [0.5, 0.6) is 0 Å². The van der Waals surface area contributed by atoms with Gasteiger partial charge in [0.1, 0.15) is 6.10 Å². The SMILES string of the molecule is CCCCC[C@H]1OC(C)(C)O[C@@H]1/C=C/C(=O)N(C)OC. The number of likely N-dealkylation sites (N-methyl/N-ethyl adjacent to an activating group) is 1. The van der Waals surface area contributed by atoms with Crippen LogP contribution in [0, 0.1) is 0 Å². The smallest absolute Gasteiger partial charge is 0.269 e. The molecule has 0 aromatic heterocycles. The van der Waals surface area contributed by atoms with E-state index in [9.17, 15) is 4.79 Å². The molecule has 1 saturated heterocycles. The summed E-state index contributed by atoms with van der Waals surface area (Å²) in [5.41, 5.74) is 0. The number of hydroxylamine groups is 2. The van der Waals surface area contributed by atoms with Crippen LogP contribution in [0.15, 0.2) is 12.2 Å². The summed E-state index contributed by atoms with van der Waals surface area (Å²) >= 11 is 0. The van der Waals surface area contributed by atoms with E-state index in [0.29, 0.717) is 0 Å². The van der Waals surface area contributed by atoms with E-state index in [0.717, 1.165) is 12.8 Å². The van der Waals surface area contributed by atoms with Gasteiger partial charge in [-0.15, -0.1) is 0 Å². The molecule has 0 aromatic rings. The fraction of sp³-hybridized carbons (Fsp3) is 0.800. The molecular formula is C15H27NO4. The molecule has 0 radical (unpaired) electrons. The molecule has 1 aliphatic heterocycles. The van der Waals surface area contributed by atoms with E-state index >= 15 is 0 Å². The molecule has 5 nitrogen and oxygen atoms in total. The zero-order valence-electron chi connectivity index (χ0n) is 13.2. The number of amides is 1. The summed E-state index contributed by atoms with van der Waals surface area (Å²) in [5, 5.41) is 1.17. The van der Waals surface area contributed by atoms with Gasteiger partial charge in [0.05, 0.1) is 13.2 Å². The number of ether oxygens (including phenoxy) is 2. The third-order valence-electron chi connectivity index (χ3n) is 3.33. The Bertz CT molecular complexity index is 341. The first-order valence-corrected chi connectivity index (χ1v) is 7.25. The molecule has 5 heteroatoms. The molecule has 0 aliphatic carbocycles. The van der Waals surface area contributed by atoms with Gasteiger partial charge in [0.15, 0.2) is 5.79 Å². The molecule has 1 amide bonds. The lowest BCUT2D eigenvalue weighted by Crippen LogP contribution is -2.25. The van der Waals surface area contributed by atoms with Crippen molar-refractivity contribution in [1.82, 2.24) is 5.06 Å². The van der Waals surface area contributed by atoms with Crippen molar-refractivity contribution < 1.29 is 19.1 Å². The quantitative estimate of drug-likeness (QED) is 0.410. The highest BCUT2D eigenvalue weighted by Crippen LogP contribution is 2.31. The van der Waals surface area contributed by atoms with Crippen molar-refractivity contribution in [1.29, 1.82) is 0 Å². The van der Waals surface area contributed by atoms with Crippen molar-refractivity contribution in [3.8, 4) is 0 Å². The Kier molecular flexibility index (Phi) is 6.65. The predicted octanol–water partition coefficient (Wildman–Crippen LogP) is 2.66. The molecule has 1 heterocycles. The van der Waals surface area contributed by atoms with E-state index < -0.39 is 5.79 Å². The number of hydrogen-bond donors (Lipinski definition) is 0. The molecule has 2 atom stereocenters. The second-order valence-corrected chi connectivity index (χ2v) is 5.51. The van der Waals surface area contributed by atoms with Gasteiger partial charge in [0.2, 0.25) is 0 Å². The van der Waals surface area contributed by atoms with Crippen molar-refractivity contribution >= 4 is 5.91 Å². The van der Waals surface area contributed by atoms with Gasteiger partial charge in [0.25, 0.3) is 5.91 Å². The fourth-order valence-electron chi connectivity index (χ4n) is 2.22. The summed E-state index contributed by atoms with van der Waals surface area (Å²) in [7, 11) is 3.03. The lowest BCUT2D eigenvalue weighted by atomic mass is 10.1. The van der Waals surface area contributed by atoms with E-state index in [4.69, 9.17) is 14.3 Å². The molecule has 0 bridgehead atoms. The van der Waals surface area contributed by atoms with Crippen LogP contribution in [0.3, 0.4) is 0 Å². The minimum atomic E-state index is -0.595. The number of rotatable bonds is 7. The highest BCUT2D eigenvalue weighted by atomic mass is 16.7. The molecule has 1 rings (SSSR count). The maximum absolute atomic E-state index is 11.7. The zero-order valence-corrected chi connectivity index (χ0v) is 13.2.